The average molecular weight is 461 g/mol. The third-order valence-corrected chi connectivity index (χ3v) is 6.30. The predicted octanol–water partition coefficient (Wildman–Crippen LogP) is 2.25. The molecule has 1 aromatic heterocycles. The number of ketones is 1. The van der Waals surface area contributed by atoms with Gasteiger partial charge in [-0.05, 0) is 37.5 Å². The summed E-state index contributed by atoms with van der Waals surface area (Å²) in [6.07, 6.45) is 3.04. The summed E-state index contributed by atoms with van der Waals surface area (Å²) < 4.78 is 27.2. The van der Waals surface area contributed by atoms with Crippen molar-refractivity contribution in [2.45, 2.75) is 32.2 Å². The lowest BCUT2D eigenvalue weighted by molar-refractivity contribution is -0.129. The number of amides is 1. The highest BCUT2D eigenvalue weighted by molar-refractivity contribution is 7.12. The van der Waals surface area contributed by atoms with Gasteiger partial charge in [0.15, 0.2) is 16.5 Å². The van der Waals surface area contributed by atoms with Crippen molar-refractivity contribution in [2.75, 3.05) is 13.1 Å². The highest BCUT2D eigenvalue weighted by Crippen LogP contribution is 2.29. The maximum absolute atomic E-state index is 14.0. The first-order chi connectivity index (χ1) is 15.4. The second-order valence-corrected chi connectivity index (χ2v) is 8.46. The smallest absolute Gasteiger partial charge is 0.275 e. The van der Waals surface area contributed by atoms with Gasteiger partial charge in [0.05, 0.1) is 11.6 Å². The van der Waals surface area contributed by atoms with Gasteiger partial charge in [0, 0.05) is 25.6 Å². The number of hydrazine groups is 1. The summed E-state index contributed by atoms with van der Waals surface area (Å²) >= 11 is 1.08. The number of carbonyl (C=O) groups is 2. The molecule has 8 nitrogen and oxygen atoms in total. The van der Waals surface area contributed by atoms with Crippen molar-refractivity contribution in [2.24, 2.45) is 0 Å². The van der Waals surface area contributed by atoms with Crippen molar-refractivity contribution in [1.29, 1.82) is 0 Å². The maximum atomic E-state index is 14.0. The van der Waals surface area contributed by atoms with Crippen LogP contribution in [0.3, 0.4) is 0 Å². The highest BCUT2D eigenvalue weighted by atomic mass is 32.1. The fourth-order valence-electron chi connectivity index (χ4n) is 3.71. The molecule has 4 rings (SSSR count). The normalized spacial score (nSPS) is 23.5. The number of benzene rings is 1. The lowest BCUT2D eigenvalue weighted by Gasteiger charge is -2.30. The van der Waals surface area contributed by atoms with Crippen LogP contribution in [0.25, 0.3) is 5.57 Å². The molecule has 0 unspecified atom stereocenters. The van der Waals surface area contributed by atoms with Crippen molar-refractivity contribution in [3.63, 3.8) is 0 Å². The van der Waals surface area contributed by atoms with Crippen LogP contribution < -0.4 is 10.9 Å². The van der Waals surface area contributed by atoms with E-state index >= 15 is 0 Å². The summed E-state index contributed by atoms with van der Waals surface area (Å²) in [4.78, 5) is 27.6. The van der Waals surface area contributed by atoms with E-state index in [1.54, 1.807) is 11.0 Å². The number of halogens is 2. The molecule has 1 aromatic carbocycles. The number of Topliss-reactive ketones (excluding diaryl/α,β-unsaturated/α-hetero) is 1. The fourth-order valence-corrected chi connectivity index (χ4v) is 4.59. The number of allylic oxidation sites excluding steroid dienone is 1. The Morgan fingerprint density at radius 2 is 2.09 bits per heavy atom. The largest absolute Gasteiger partial charge is 0.503 e. The zero-order valence-electron chi connectivity index (χ0n) is 17.2. The first-order valence-electron chi connectivity index (χ1n) is 10.1. The average Bonchev–Trinajstić information content (AvgIpc) is 3.23. The van der Waals surface area contributed by atoms with E-state index in [2.05, 4.69) is 21.0 Å². The summed E-state index contributed by atoms with van der Waals surface area (Å²) in [5.41, 5.74) is 5.68. The predicted molar refractivity (Wildman–Crippen MR) is 113 cm³/mol. The molecule has 1 atom stereocenters. The number of hydrogen-bond donors (Lipinski definition) is 3. The molecule has 168 valence electrons. The van der Waals surface area contributed by atoms with E-state index in [9.17, 15) is 23.5 Å². The van der Waals surface area contributed by atoms with E-state index in [4.69, 9.17) is 0 Å². The van der Waals surface area contributed by atoms with Crippen LogP contribution in [0.15, 0.2) is 35.7 Å². The molecule has 1 saturated heterocycles. The third kappa shape index (κ3) is 4.26. The van der Waals surface area contributed by atoms with Crippen LogP contribution in [-0.4, -0.2) is 51.0 Å². The SMILES string of the molecule is CCN1C(=O)/C2=C(\O)C(=O)/C(c3nnc(Cc4ccc(F)cc4F)s3)=C\[C@@H]1CCCNN2. The first kappa shape index (κ1) is 22.0. The number of aliphatic hydroxyl groups excluding tert-OH is 1. The van der Waals surface area contributed by atoms with Crippen molar-refractivity contribution in [3.05, 3.63) is 62.9 Å². The Labute approximate surface area is 186 Å². The van der Waals surface area contributed by atoms with Crippen molar-refractivity contribution >= 4 is 28.6 Å². The Kier molecular flexibility index (Phi) is 6.28. The van der Waals surface area contributed by atoms with Crippen LogP contribution in [0.2, 0.25) is 0 Å². The Morgan fingerprint density at radius 3 is 2.84 bits per heavy atom. The molecule has 2 aromatic rings. The molecule has 2 aliphatic rings. The molecule has 0 spiro atoms. The van der Waals surface area contributed by atoms with Crippen LogP contribution in [0.4, 0.5) is 8.78 Å². The maximum Gasteiger partial charge on any atom is 0.275 e. The van der Waals surface area contributed by atoms with Crippen molar-refractivity contribution in [3.8, 4) is 0 Å². The summed E-state index contributed by atoms with van der Waals surface area (Å²) in [6, 6.07) is 2.92. The summed E-state index contributed by atoms with van der Waals surface area (Å²) in [6.45, 7) is 2.74. The molecule has 1 amide bonds. The Bertz CT molecular complexity index is 1130. The minimum Gasteiger partial charge on any atom is -0.503 e. The van der Waals surface area contributed by atoms with Gasteiger partial charge in [-0.25, -0.2) is 14.2 Å². The molecule has 1 fully saturated rings. The number of nitrogens with zero attached hydrogens (tertiary/aromatic N) is 3. The van der Waals surface area contributed by atoms with E-state index < -0.39 is 29.1 Å². The van der Waals surface area contributed by atoms with E-state index in [1.807, 2.05) is 6.92 Å². The van der Waals surface area contributed by atoms with Gasteiger partial charge in [0.25, 0.3) is 5.91 Å². The van der Waals surface area contributed by atoms with Gasteiger partial charge in [-0.2, -0.15) is 0 Å². The van der Waals surface area contributed by atoms with Gasteiger partial charge < -0.3 is 15.4 Å². The molecule has 3 heterocycles. The van der Waals surface area contributed by atoms with Crippen molar-refractivity contribution < 1.29 is 23.5 Å². The number of likely N-dealkylation sites (N-methyl/N-ethyl adjacent to an activating group) is 1. The monoisotopic (exact) mass is 461 g/mol. The summed E-state index contributed by atoms with van der Waals surface area (Å²) in [5.74, 6) is -3.30. The highest BCUT2D eigenvalue weighted by Gasteiger charge is 2.35. The van der Waals surface area contributed by atoms with Crippen LogP contribution in [0.5, 0.6) is 0 Å². The molecular weight excluding hydrogens is 440 g/mol. The molecule has 0 aliphatic carbocycles. The van der Waals surface area contributed by atoms with Crippen LogP contribution >= 0.6 is 11.3 Å². The van der Waals surface area contributed by atoms with E-state index in [0.717, 1.165) is 29.9 Å². The Hall–Kier alpha value is -3.18. The van der Waals surface area contributed by atoms with Crippen LogP contribution in [0, 0.1) is 11.6 Å². The van der Waals surface area contributed by atoms with E-state index in [1.165, 1.54) is 6.07 Å². The standard InChI is InChI=1S/C21H21F2N5O3S/c1-2-28-13-4-3-7-24-26-17(21(28)31)19(30)18(29)14(10-13)20-27-25-16(32-20)8-11-5-6-12(22)9-15(11)23/h5-6,9-10,13,24,26,30H,2-4,7-8H2,1H3/b14-10+,19-17+/t13-/m0/s1. The first-order valence-corrected chi connectivity index (χ1v) is 11.0. The molecule has 0 radical (unpaired) electrons. The third-order valence-electron chi connectivity index (χ3n) is 5.34. The second kappa shape index (κ2) is 9.13. The number of aliphatic hydroxyl groups is 1. The molecular formula is C21H21F2N5O3S. The van der Waals surface area contributed by atoms with E-state index in [-0.39, 0.29) is 34.3 Å². The van der Waals surface area contributed by atoms with Gasteiger partial charge in [-0.15, -0.1) is 10.2 Å². The topological polar surface area (TPSA) is 107 Å². The zero-order chi connectivity index (χ0) is 22.8. The quantitative estimate of drug-likeness (QED) is 0.641. The number of aromatic nitrogens is 2. The number of fused-ring (bicyclic) bond motifs is 3. The lowest BCUT2D eigenvalue weighted by Crippen LogP contribution is -2.46. The Balaban J connectivity index is 1.73. The summed E-state index contributed by atoms with van der Waals surface area (Å²) in [5, 5.41) is 19.4. The molecule has 11 heteroatoms. The molecule has 2 bridgehead atoms. The number of rotatable bonds is 4. The van der Waals surface area contributed by atoms with Crippen molar-refractivity contribution in [1.82, 2.24) is 25.9 Å². The molecule has 0 saturated carbocycles. The lowest BCUT2D eigenvalue weighted by atomic mass is 9.99. The van der Waals surface area contributed by atoms with Gasteiger partial charge in [-0.1, -0.05) is 17.4 Å². The number of nitrogens with one attached hydrogen (secondary N) is 2. The summed E-state index contributed by atoms with van der Waals surface area (Å²) in [7, 11) is 0. The Morgan fingerprint density at radius 1 is 1.28 bits per heavy atom. The molecule has 2 aliphatic heterocycles. The van der Waals surface area contributed by atoms with Gasteiger partial charge in [0.2, 0.25) is 5.78 Å². The minimum absolute atomic E-state index is 0.0762. The van der Waals surface area contributed by atoms with Crippen LogP contribution in [0.1, 0.15) is 35.3 Å². The number of carbonyl (C=O) groups excluding carboxylic acids is 2. The molecule has 3 N–H and O–H groups in total. The second-order valence-electron chi connectivity index (χ2n) is 7.40. The number of hydrogen-bond acceptors (Lipinski definition) is 8. The van der Waals surface area contributed by atoms with Gasteiger partial charge in [-0.3, -0.25) is 9.59 Å². The van der Waals surface area contributed by atoms with Gasteiger partial charge >= 0.3 is 0 Å². The van der Waals surface area contributed by atoms with Crippen LogP contribution in [-0.2, 0) is 16.0 Å². The van der Waals surface area contributed by atoms with E-state index in [0.29, 0.717) is 24.5 Å². The fraction of sp³-hybridized carbons (Fsp3) is 0.333. The van der Waals surface area contributed by atoms with Gasteiger partial charge in [0.1, 0.15) is 16.6 Å². The molecule has 32 heavy (non-hydrogen) atoms. The zero-order valence-corrected chi connectivity index (χ0v) is 18.0. The minimum atomic E-state index is -0.749.